The third kappa shape index (κ3) is 3.05. The lowest BCUT2D eigenvalue weighted by Crippen LogP contribution is -2.12. The molecule has 0 spiro atoms. The smallest absolute Gasteiger partial charge is 0.152 e. The van der Waals surface area contributed by atoms with Gasteiger partial charge in [0.25, 0.3) is 0 Å². The molecule has 0 aliphatic heterocycles. The Hall–Kier alpha value is -2.97. The van der Waals surface area contributed by atoms with Gasteiger partial charge in [0, 0.05) is 19.1 Å². The minimum absolute atomic E-state index is 0.462. The summed E-state index contributed by atoms with van der Waals surface area (Å²) in [6.45, 7) is 0. The van der Waals surface area contributed by atoms with Gasteiger partial charge in [-0.3, -0.25) is 0 Å². The third-order valence-corrected chi connectivity index (χ3v) is 3.82. The van der Waals surface area contributed by atoms with E-state index in [1.807, 2.05) is 55.4 Å². The molecule has 1 aromatic heterocycles. The fourth-order valence-corrected chi connectivity index (χ4v) is 2.64. The van der Waals surface area contributed by atoms with E-state index in [1.165, 1.54) is 0 Å². The molecule has 0 unspecified atom stereocenters. The molecule has 1 heterocycles. The molecule has 2 aromatic carbocycles. The van der Waals surface area contributed by atoms with Crippen LogP contribution in [0, 0.1) is 11.3 Å². The summed E-state index contributed by atoms with van der Waals surface area (Å²) in [5.74, 6) is 0.606. The van der Waals surface area contributed by atoms with Crippen molar-refractivity contribution in [3.05, 3.63) is 65.3 Å². The van der Waals surface area contributed by atoms with Gasteiger partial charge in [-0.05, 0) is 30.3 Å². The van der Waals surface area contributed by atoms with Gasteiger partial charge in [0.2, 0.25) is 0 Å². The van der Waals surface area contributed by atoms with E-state index in [-0.39, 0.29) is 0 Å². The van der Waals surface area contributed by atoms with Crippen molar-refractivity contribution in [1.82, 2.24) is 9.78 Å². The highest BCUT2D eigenvalue weighted by Crippen LogP contribution is 2.30. The topological polar surface area (TPSA) is 56.9 Å². The van der Waals surface area contributed by atoms with Crippen LogP contribution >= 0.6 is 11.6 Å². The molecule has 1 N–H and O–H groups in total. The number of anilines is 3. The summed E-state index contributed by atoms with van der Waals surface area (Å²) in [5, 5.41) is 17.7. The lowest BCUT2D eigenvalue weighted by Gasteiger charge is -2.19. The van der Waals surface area contributed by atoms with Gasteiger partial charge in [-0.2, -0.15) is 10.4 Å². The number of rotatable bonds is 4. The predicted molar refractivity (Wildman–Crippen MR) is 97.3 cm³/mol. The van der Waals surface area contributed by atoms with Crippen LogP contribution in [-0.2, 0) is 0 Å². The van der Waals surface area contributed by atoms with Gasteiger partial charge in [-0.1, -0.05) is 29.8 Å². The lowest BCUT2D eigenvalue weighted by atomic mass is 10.2. The molecule has 0 saturated carbocycles. The van der Waals surface area contributed by atoms with Crippen molar-refractivity contribution in [2.75, 3.05) is 24.3 Å². The largest absolute Gasteiger partial charge is 0.376 e. The number of nitriles is 1. The fourth-order valence-electron chi connectivity index (χ4n) is 2.45. The number of aromatic nitrogens is 2. The minimum Gasteiger partial charge on any atom is -0.376 e. The highest BCUT2D eigenvalue weighted by molar-refractivity contribution is 6.30. The number of hydrogen-bond donors (Lipinski definition) is 1. The summed E-state index contributed by atoms with van der Waals surface area (Å²) in [6, 6.07) is 17.4. The Balaban J connectivity index is 2.09. The van der Waals surface area contributed by atoms with E-state index >= 15 is 0 Å². The van der Waals surface area contributed by atoms with E-state index in [4.69, 9.17) is 11.6 Å². The Kier molecular flexibility index (Phi) is 4.41. The second kappa shape index (κ2) is 6.65. The monoisotopic (exact) mass is 337 g/mol. The zero-order chi connectivity index (χ0) is 17.1. The molecule has 3 aromatic rings. The van der Waals surface area contributed by atoms with Gasteiger partial charge < -0.3 is 10.2 Å². The highest BCUT2D eigenvalue weighted by Gasteiger charge is 2.14. The van der Waals surface area contributed by atoms with Crippen LogP contribution < -0.4 is 10.2 Å². The summed E-state index contributed by atoms with van der Waals surface area (Å²) in [4.78, 5) is 2.01. The number of halogens is 1. The van der Waals surface area contributed by atoms with E-state index in [2.05, 4.69) is 16.5 Å². The highest BCUT2D eigenvalue weighted by atomic mass is 35.5. The maximum absolute atomic E-state index is 9.41. The molecule has 5 nitrogen and oxygen atoms in total. The Morgan fingerprint density at radius 2 is 1.96 bits per heavy atom. The SMILES string of the molecule is CN(C)c1ccccc1Nc1c(C#N)cnn1-c1cccc(Cl)c1. The van der Waals surface area contributed by atoms with Gasteiger partial charge in [0.05, 0.1) is 23.3 Å². The predicted octanol–water partition coefficient (Wildman–Crippen LogP) is 4.21. The average molecular weight is 338 g/mol. The normalized spacial score (nSPS) is 10.2. The molecule has 3 rings (SSSR count). The van der Waals surface area contributed by atoms with Crippen LogP contribution in [0.2, 0.25) is 5.02 Å². The second-order valence-electron chi connectivity index (χ2n) is 5.45. The van der Waals surface area contributed by atoms with Crippen molar-refractivity contribution in [3.8, 4) is 11.8 Å². The van der Waals surface area contributed by atoms with E-state index in [0.717, 1.165) is 17.1 Å². The van der Waals surface area contributed by atoms with E-state index < -0.39 is 0 Å². The van der Waals surface area contributed by atoms with Crippen molar-refractivity contribution in [2.45, 2.75) is 0 Å². The van der Waals surface area contributed by atoms with E-state index in [9.17, 15) is 5.26 Å². The zero-order valence-electron chi connectivity index (χ0n) is 13.4. The number of para-hydroxylation sites is 2. The molecule has 120 valence electrons. The lowest BCUT2D eigenvalue weighted by molar-refractivity contribution is 0.888. The molecule has 0 bridgehead atoms. The van der Waals surface area contributed by atoms with Crippen molar-refractivity contribution in [2.24, 2.45) is 0 Å². The molecule has 0 atom stereocenters. The van der Waals surface area contributed by atoms with Crippen LogP contribution in [0.3, 0.4) is 0 Å². The first-order valence-corrected chi connectivity index (χ1v) is 7.75. The second-order valence-corrected chi connectivity index (χ2v) is 5.88. The number of nitrogens with zero attached hydrogens (tertiary/aromatic N) is 4. The van der Waals surface area contributed by atoms with Gasteiger partial charge in [0.15, 0.2) is 5.82 Å². The standard InChI is InChI=1S/C18H16ClN5/c1-23(2)17-9-4-3-8-16(17)22-18-13(11-20)12-21-24(18)15-7-5-6-14(19)10-15/h3-10,12,22H,1-2H3. The molecule has 0 amide bonds. The summed E-state index contributed by atoms with van der Waals surface area (Å²) >= 11 is 6.08. The van der Waals surface area contributed by atoms with Crippen LogP contribution in [0.4, 0.5) is 17.2 Å². The number of nitrogens with one attached hydrogen (secondary N) is 1. The Bertz CT molecular complexity index is 908. The van der Waals surface area contributed by atoms with Crippen LogP contribution in [0.1, 0.15) is 5.56 Å². The van der Waals surface area contributed by atoms with Crippen LogP contribution in [-0.4, -0.2) is 23.9 Å². The summed E-state index contributed by atoms with van der Waals surface area (Å²) in [5.41, 5.74) is 3.15. The first-order valence-electron chi connectivity index (χ1n) is 7.37. The minimum atomic E-state index is 0.462. The van der Waals surface area contributed by atoms with E-state index in [0.29, 0.717) is 16.4 Å². The first-order chi connectivity index (χ1) is 11.6. The van der Waals surface area contributed by atoms with Crippen LogP contribution in [0.15, 0.2) is 54.7 Å². The maximum atomic E-state index is 9.41. The molecule has 0 aliphatic rings. The van der Waals surface area contributed by atoms with Crippen molar-refractivity contribution in [3.63, 3.8) is 0 Å². The molecule has 24 heavy (non-hydrogen) atoms. The van der Waals surface area contributed by atoms with Gasteiger partial charge in [0.1, 0.15) is 11.6 Å². The van der Waals surface area contributed by atoms with Gasteiger partial charge >= 0.3 is 0 Å². The third-order valence-electron chi connectivity index (χ3n) is 3.58. The molecule has 0 fully saturated rings. The molecule has 0 aliphatic carbocycles. The summed E-state index contributed by atoms with van der Waals surface area (Å²) in [7, 11) is 3.94. The van der Waals surface area contributed by atoms with Crippen LogP contribution in [0.5, 0.6) is 0 Å². The first kappa shape index (κ1) is 15.9. The molecular weight excluding hydrogens is 322 g/mol. The van der Waals surface area contributed by atoms with Crippen molar-refractivity contribution < 1.29 is 0 Å². The molecular formula is C18H16ClN5. The Morgan fingerprint density at radius 1 is 1.17 bits per heavy atom. The quantitative estimate of drug-likeness (QED) is 0.775. The fraction of sp³-hybridized carbons (Fsp3) is 0.111. The Morgan fingerprint density at radius 3 is 2.67 bits per heavy atom. The van der Waals surface area contributed by atoms with Gasteiger partial charge in [-0.25, -0.2) is 4.68 Å². The van der Waals surface area contributed by atoms with E-state index in [1.54, 1.807) is 23.0 Å². The summed E-state index contributed by atoms with van der Waals surface area (Å²) in [6.07, 6.45) is 1.54. The molecule has 6 heteroatoms. The summed E-state index contributed by atoms with van der Waals surface area (Å²) < 4.78 is 1.68. The average Bonchev–Trinajstić information content (AvgIpc) is 2.98. The van der Waals surface area contributed by atoms with Crippen LogP contribution in [0.25, 0.3) is 5.69 Å². The number of benzene rings is 2. The van der Waals surface area contributed by atoms with Crippen molar-refractivity contribution in [1.29, 1.82) is 5.26 Å². The maximum Gasteiger partial charge on any atom is 0.152 e. The Labute approximate surface area is 145 Å². The molecule has 0 radical (unpaired) electrons. The zero-order valence-corrected chi connectivity index (χ0v) is 14.1. The van der Waals surface area contributed by atoms with Crippen molar-refractivity contribution >= 4 is 28.8 Å². The van der Waals surface area contributed by atoms with Gasteiger partial charge in [-0.15, -0.1) is 0 Å². The molecule has 0 saturated heterocycles. The number of hydrogen-bond acceptors (Lipinski definition) is 4.